The first-order valence-electron chi connectivity index (χ1n) is 8.13. The fourth-order valence-corrected chi connectivity index (χ4v) is 2.96. The highest BCUT2D eigenvalue weighted by Gasteiger charge is 2.30. The first kappa shape index (κ1) is 16.7. The van der Waals surface area contributed by atoms with Gasteiger partial charge < -0.3 is 9.64 Å². The molecule has 0 fully saturated rings. The van der Waals surface area contributed by atoms with Gasteiger partial charge in [0.15, 0.2) is 5.69 Å². The number of para-hydroxylation sites is 1. The third kappa shape index (κ3) is 3.24. The average molecular weight is 338 g/mol. The number of esters is 1. The number of aromatic nitrogens is 2. The highest BCUT2D eigenvalue weighted by Crippen LogP contribution is 2.26. The van der Waals surface area contributed by atoms with Crippen molar-refractivity contribution in [1.29, 1.82) is 5.26 Å². The van der Waals surface area contributed by atoms with Crippen LogP contribution in [0.1, 0.15) is 35.1 Å². The Morgan fingerprint density at radius 2 is 2.08 bits per heavy atom. The van der Waals surface area contributed by atoms with Crippen molar-refractivity contribution < 1.29 is 14.3 Å². The molecule has 2 aromatic rings. The molecule has 0 atom stereocenters. The maximum absolute atomic E-state index is 12.3. The van der Waals surface area contributed by atoms with Crippen molar-refractivity contribution in [3.05, 3.63) is 47.3 Å². The fraction of sp³-hybridized carbons (Fsp3) is 0.333. The Hall–Kier alpha value is -3.14. The topological polar surface area (TPSA) is 88.2 Å². The first-order valence-corrected chi connectivity index (χ1v) is 8.13. The molecule has 1 aromatic carbocycles. The lowest BCUT2D eigenvalue weighted by molar-refractivity contribution is -0.131. The van der Waals surface area contributed by atoms with E-state index in [4.69, 9.17) is 10.00 Å². The molecule has 0 unspecified atom stereocenters. The minimum Gasteiger partial charge on any atom is -0.461 e. The lowest BCUT2D eigenvalue weighted by Gasteiger charge is -2.27. The molecule has 2 heterocycles. The molecule has 1 aromatic heterocycles. The number of amides is 1. The lowest BCUT2D eigenvalue weighted by atomic mass is 10.0. The number of ether oxygens (including phenoxy) is 1. The van der Waals surface area contributed by atoms with E-state index in [-0.39, 0.29) is 31.2 Å². The number of carbonyl (C=O) groups excluding carboxylic acids is 2. The normalized spacial score (nSPS) is 13.0. The highest BCUT2D eigenvalue weighted by atomic mass is 16.5. The molecule has 7 heteroatoms. The van der Waals surface area contributed by atoms with Gasteiger partial charge in [-0.05, 0) is 19.1 Å². The van der Waals surface area contributed by atoms with Crippen LogP contribution in [-0.2, 0) is 22.5 Å². The molecule has 1 amide bonds. The summed E-state index contributed by atoms with van der Waals surface area (Å²) in [5, 5.41) is 13.2. The number of benzene rings is 1. The fourth-order valence-electron chi connectivity index (χ4n) is 2.96. The van der Waals surface area contributed by atoms with Crippen LogP contribution in [0.2, 0.25) is 0 Å². The van der Waals surface area contributed by atoms with Crippen molar-refractivity contribution in [3.63, 3.8) is 0 Å². The summed E-state index contributed by atoms with van der Waals surface area (Å²) in [6, 6.07) is 11.4. The summed E-state index contributed by atoms with van der Waals surface area (Å²) in [4.78, 5) is 25.9. The number of rotatable bonds is 4. The van der Waals surface area contributed by atoms with Crippen LogP contribution >= 0.6 is 0 Å². The molecule has 7 nitrogen and oxygen atoms in total. The summed E-state index contributed by atoms with van der Waals surface area (Å²) in [5.74, 6) is -0.738. The van der Waals surface area contributed by atoms with Gasteiger partial charge in [0, 0.05) is 25.1 Å². The van der Waals surface area contributed by atoms with Gasteiger partial charge in [-0.15, -0.1) is 0 Å². The molecule has 0 N–H and O–H groups in total. The molecule has 0 bridgehead atoms. The van der Waals surface area contributed by atoms with E-state index in [1.165, 1.54) is 0 Å². The molecule has 0 radical (unpaired) electrons. The minimum absolute atomic E-state index is 0.170. The molecule has 0 spiro atoms. The number of nitrogens with zero attached hydrogens (tertiary/aromatic N) is 4. The largest absolute Gasteiger partial charge is 0.461 e. The van der Waals surface area contributed by atoms with E-state index >= 15 is 0 Å². The third-order valence-electron chi connectivity index (χ3n) is 4.11. The monoisotopic (exact) mass is 338 g/mol. The van der Waals surface area contributed by atoms with Gasteiger partial charge in [0.1, 0.15) is 6.42 Å². The van der Waals surface area contributed by atoms with Crippen LogP contribution in [0.25, 0.3) is 5.69 Å². The van der Waals surface area contributed by atoms with Crippen LogP contribution in [0.15, 0.2) is 30.3 Å². The second-order valence-electron chi connectivity index (χ2n) is 5.64. The predicted molar refractivity (Wildman–Crippen MR) is 88.9 cm³/mol. The number of carbonyl (C=O) groups is 2. The smallest absolute Gasteiger partial charge is 0.359 e. The summed E-state index contributed by atoms with van der Waals surface area (Å²) in [6.45, 7) is 2.75. The predicted octanol–water partition coefficient (Wildman–Crippen LogP) is 1.85. The van der Waals surface area contributed by atoms with Crippen molar-refractivity contribution in [1.82, 2.24) is 14.7 Å². The Morgan fingerprint density at radius 3 is 2.76 bits per heavy atom. The van der Waals surface area contributed by atoms with Gasteiger partial charge in [-0.3, -0.25) is 4.79 Å². The van der Waals surface area contributed by atoms with E-state index in [2.05, 4.69) is 5.10 Å². The van der Waals surface area contributed by atoms with Crippen LogP contribution in [0, 0.1) is 11.3 Å². The van der Waals surface area contributed by atoms with Gasteiger partial charge >= 0.3 is 5.97 Å². The first-order chi connectivity index (χ1) is 12.2. The molecule has 0 saturated carbocycles. The molecule has 25 heavy (non-hydrogen) atoms. The summed E-state index contributed by atoms with van der Waals surface area (Å²) in [6.07, 6.45) is 0.394. The molecular formula is C18H18N4O3. The summed E-state index contributed by atoms with van der Waals surface area (Å²) >= 11 is 0. The third-order valence-corrected chi connectivity index (χ3v) is 4.11. The molecule has 1 aliphatic heterocycles. The molecule has 1 aliphatic rings. The van der Waals surface area contributed by atoms with Gasteiger partial charge in [0.05, 0.1) is 24.1 Å². The van der Waals surface area contributed by atoms with E-state index < -0.39 is 5.97 Å². The van der Waals surface area contributed by atoms with Gasteiger partial charge in [-0.2, -0.15) is 10.4 Å². The van der Waals surface area contributed by atoms with Gasteiger partial charge in [-0.1, -0.05) is 18.2 Å². The molecular weight excluding hydrogens is 320 g/mol. The van der Waals surface area contributed by atoms with Crippen LogP contribution in [-0.4, -0.2) is 39.7 Å². The molecule has 0 aliphatic carbocycles. The van der Waals surface area contributed by atoms with Crippen LogP contribution in [0.5, 0.6) is 0 Å². The quantitative estimate of drug-likeness (QED) is 0.794. The highest BCUT2D eigenvalue weighted by molar-refractivity contribution is 5.90. The number of nitriles is 1. The number of hydrogen-bond donors (Lipinski definition) is 0. The Bertz CT molecular complexity index is 836. The van der Waals surface area contributed by atoms with E-state index in [0.29, 0.717) is 18.5 Å². The van der Waals surface area contributed by atoms with Gasteiger partial charge in [0.2, 0.25) is 5.91 Å². The molecule has 0 saturated heterocycles. The van der Waals surface area contributed by atoms with Crippen molar-refractivity contribution in [2.75, 3.05) is 13.2 Å². The Morgan fingerprint density at radius 1 is 1.32 bits per heavy atom. The Balaban J connectivity index is 2.03. The van der Waals surface area contributed by atoms with Crippen molar-refractivity contribution in [3.8, 4) is 11.8 Å². The van der Waals surface area contributed by atoms with Crippen LogP contribution in [0.4, 0.5) is 0 Å². The molecule has 3 rings (SSSR count). The Labute approximate surface area is 145 Å². The van der Waals surface area contributed by atoms with E-state index in [9.17, 15) is 9.59 Å². The van der Waals surface area contributed by atoms with E-state index in [1.807, 2.05) is 36.4 Å². The summed E-state index contributed by atoms with van der Waals surface area (Å²) in [5.41, 5.74) is 2.68. The van der Waals surface area contributed by atoms with E-state index in [0.717, 1.165) is 11.4 Å². The van der Waals surface area contributed by atoms with Gasteiger partial charge in [-0.25, -0.2) is 9.48 Å². The minimum atomic E-state index is -0.497. The summed E-state index contributed by atoms with van der Waals surface area (Å²) < 4.78 is 6.86. The summed E-state index contributed by atoms with van der Waals surface area (Å²) in [7, 11) is 0. The zero-order valence-electron chi connectivity index (χ0n) is 13.9. The zero-order chi connectivity index (χ0) is 17.8. The number of hydrogen-bond acceptors (Lipinski definition) is 5. The van der Waals surface area contributed by atoms with E-state index in [1.54, 1.807) is 16.5 Å². The molecule has 128 valence electrons. The second kappa shape index (κ2) is 7.18. The maximum Gasteiger partial charge on any atom is 0.359 e. The van der Waals surface area contributed by atoms with Crippen molar-refractivity contribution in [2.24, 2.45) is 0 Å². The SMILES string of the molecule is CCOC(=O)c1nn(-c2ccccc2)c2c1CN(C(=O)CC#N)CC2. The van der Waals surface area contributed by atoms with Gasteiger partial charge in [0.25, 0.3) is 0 Å². The van der Waals surface area contributed by atoms with Crippen LogP contribution in [0.3, 0.4) is 0 Å². The second-order valence-corrected chi connectivity index (χ2v) is 5.64. The lowest BCUT2D eigenvalue weighted by Crippen LogP contribution is -2.36. The van der Waals surface area contributed by atoms with Crippen molar-refractivity contribution in [2.45, 2.75) is 26.3 Å². The maximum atomic E-state index is 12.3. The standard InChI is InChI=1S/C18H18N4O3/c1-2-25-18(24)17-14-12-21(16(23)8-10-19)11-9-15(14)22(20-17)13-6-4-3-5-7-13/h3-7H,2,8-9,11-12H2,1H3. The van der Waals surface area contributed by atoms with Crippen molar-refractivity contribution >= 4 is 11.9 Å². The Kier molecular flexibility index (Phi) is 4.80. The average Bonchev–Trinajstić information content (AvgIpc) is 3.02. The zero-order valence-corrected chi connectivity index (χ0v) is 13.9. The van der Waals surface area contributed by atoms with Crippen LogP contribution < -0.4 is 0 Å². The number of fused-ring (bicyclic) bond motifs is 1.